The van der Waals surface area contributed by atoms with Crippen molar-refractivity contribution >= 4 is 12.6 Å². The van der Waals surface area contributed by atoms with Gasteiger partial charge in [-0.1, -0.05) is 43.8 Å². The molecular formula is C11H14S. The Morgan fingerprint density at radius 3 is 2.42 bits per heavy atom. The number of rotatable bonds is 3. The average molecular weight is 178 g/mol. The van der Waals surface area contributed by atoms with Crippen molar-refractivity contribution < 1.29 is 0 Å². The number of benzene rings is 1. The lowest BCUT2D eigenvalue weighted by Gasteiger charge is -2.13. The quantitative estimate of drug-likeness (QED) is 0.671. The van der Waals surface area contributed by atoms with E-state index in [4.69, 9.17) is 0 Å². The van der Waals surface area contributed by atoms with Gasteiger partial charge in [0.2, 0.25) is 0 Å². The Kier molecular flexibility index (Phi) is 3.42. The Bertz CT molecular complexity index is 251. The highest BCUT2D eigenvalue weighted by Crippen LogP contribution is 2.27. The minimum Gasteiger partial charge on any atom is -0.148 e. The minimum absolute atomic E-state index is 0.398. The third-order valence-electron chi connectivity index (χ3n) is 2.01. The van der Waals surface area contributed by atoms with Crippen molar-refractivity contribution in [3.05, 3.63) is 47.4 Å². The molecule has 0 aromatic heterocycles. The van der Waals surface area contributed by atoms with E-state index in [0.29, 0.717) is 5.92 Å². The predicted molar refractivity (Wildman–Crippen MR) is 57.6 cm³/mol. The highest BCUT2D eigenvalue weighted by atomic mass is 32.1. The number of allylic oxidation sites excluding steroid dienone is 1. The van der Waals surface area contributed by atoms with Crippen molar-refractivity contribution in [3.63, 3.8) is 0 Å². The van der Waals surface area contributed by atoms with Gasteiger partial charge < -0.3 is 0 Å². The summed E-state index contributed by atoms with van der Waals surface area (Å²) in [6.07, 6.45) is 1.06. The molecule has 1 aromatic rings. The van der Waals surface area contributed by atoms with Crippen molar-refractivity contribution in [3.8, 4) is 0 Å². The molecule has 1 aromatic carbocycles. The zero-order valence-electron chi connectivity index (χ0n) is 7.33. The van der Waals surface area contributed by atoms with Crippen LogP contribution >= 0.6 is 12.6 Å². The van der Waals surface area contributed by atoms with Crippen molar-refractivity contribution in [2.75, 3.05) is 0 Å². The van der Waals surface area contributed by atoms with E-state index in [2.05, 4.69) is 50.4 Å². The summed E-state index contributed by atoms with van der Waals surface area (Å²) in [7, 11) is 0. The Morgan fingerprint density at radius 1 is 1.42 bits per heavy atom. The molecular weight excluding hydrogens is 164 g/mol. The summed E-state index contributed by atoms with van der Waals surface area (Å²) in [4.78, 5) is 0.948. The van der Waals surface area contributed by atoms with E-state index in [-0.39, 0.29) is 0 Å². The van der Waals surface area contributed by atoms with E-state index in [1.165, 1.54) is 5.56 Å². The van der Waals surface area contributed by atoms with E-state index in [9.17, 15) is 0 Å². The van der Waals surface area contributed by atoms with Crippen LogP contribution in [0.4, 0.5) is 0 Å². The molecule has 1 unspecified atom stereocenters. The van der Waals surface area contributed by atoms with Crippen molar-refractivity contribution in [1.82, 2.24) is 0 Å². The molecule has 0 N–H and O–H groups in total. The molecule has 0 aliphatic heterocycles. The molecule has 64 valence electrons. The molecule has 0 saturated carbocycles. The van der Waals surface area contributed by atoms with Crippen LogP contribution < -0.4 is 0 Å². The van der Waals surface area contributed by atoms with E-state index in [0.717, 1.165) is 11.3 Å². The number of thiol groups is 1. The maximum Gasteiger partial charge on any atom is 0.0138 e. The standard InChI is InChI=1S/C11H14S/c1-3-11(9(2)12)10-7-5-4-6-8-10/h4-8,11-12H,2-3H2,1H3. The Hall–Kier alpha value is -0.690. The monoisotopic (exact) mass is 178 g/mol. The smallest absolute Gasteiger partial charge is 0.0138 e. The highest BCUT2D eigenvalue weighted by Gasteiger charge is 2.08. The molecule has 0 spiro atoms. The molecule has 0 aliphatic carbocycles. The fourth-order valence-electron chi connectivity index (χ4n) is 1.35. The third-order valence-corrected chi connectivity index (χ3v) is 2.32. The Labute approximate surface area is 79.7 Å². The molecule has 0 amide bonds. The van der Waals surface area contributed by atoms with Crippen LogP contribution in [-0.4, -0.2) is 0 Å². The van der Waals surface area contributed by atoms with E-state index < -0.39 is 0 Å². The summed E-state index contributed by atoms with van der Waals surface area (Å²) in [5.74, 6) is 0.398. The fourth-order valence-corrected chi connectivity index (χ4v) is 1.68. The highest BCUT2D eigenvalue weighted by molar-refractivity contribution is 7.84. The first-order chi connectivity index (χ1) is 5.75. The lowest BCUT2D eigenvalue weighted by atomic mass is 9.97. The van der Waals surface area contributed by atoms with Gasteiger partial charge in [-0.2, -0.15) is 0 Å². The van der Waals surface area contributed by atoms with Crippen LogP contribution in [0, 0.1) is 0 Å². The molecule has 12 heavy (non-hydrogen) atoms. The van der Waals surface area contributed by atoms with Gasteiger partial charge in [-0.25, -0.2) is 0 Å². The van der Waals surface area contributed by atoms with Crippen LogP contribution in [0.15, 0.2) is 41.8 Å². The fraction of sp³-hybridized carbons (Fsp3) is 0.273. The zero-order valence-corrected chi connectivity index (χ0v) is 8.22. The summed E-state index contributed by atoms with van der Waals surface area (Å²) in [5, 5.41) is 0. The maximum atomic E-state index is 4.29. The van der Waals surface area contributed by atoms with Gasteiger partial charge >= 0.3 is 0 Å². The maximum absolute atomic E-state index is 4.29. The van der Waals surface area contributed by atoms with E-state index in [1.807, 2.05) is 6.07 Å². The molecule has 1 heteroatoms. The molecule has 0 bridgehead atoms. The summed E-state index contributed by atoms with van der Waals surface area (Å²) in [6, 6.07) is 10.4. The van der Waals surface area contributed by atoms with Crippen LogP contribution in [0.5, 0.6) is 0 Å². The SMILES string of the molecule is C=C(S)C(CC)c1ccccc1. The molecule has 1 atom stereocenters. The lowest BCUT2D eigenvalue weighted by molar-refractivity contribution is 0.798. The van der Waals surface area contributed by atoms with E-state index >= 15 is 0 Å². The van der Waals surface area contributed by atoms with Crippen molar-refractivity contribution in [2.24, 2.45) is 0 Å². The van der Waals surface area contributed by atoms with Gasteiger partial charge in [0.1, 0.15) is 0 Å². The first kappa shape index (κ1) is 9.40. The van der Waals surface area contributed by atoms with E-state index in [1.54, 1.807) is 0 Å². The second-order valence-corrected chi connectivity index (χ2v) is 3.44. The first-order valence-corrected chi connectivity index (χ1v) is 4.63. The van der Waals surface area contributed by atoms with Crippen LogP contribution in [-0.2, 0) is 0 Å². The number of hydrogen-bond acceptors (Lipinski definition) is 1. The van der Waals surface area contributed by atoms with Gasteiger partial charge in [0.25, 0.3) is 0 Å². The van der Waals surface area contributed by atoms with Gasteiger partial charge in [0.05, 0.1) is 0 Å². The summed E-state index contributed by atoms with van der Waals surface area (Å²) < 4.78 is 0. The second-order valence-electron chi connectivity index (χ2n) is 2.86. The Balaban J connectivity index is 2.88. The molecule has 0 radical (unpaired) electrons. The van der Waals surface area contributed by atoms with Gasteiger partial charge in [-0.15, -0.1) is 12.6 Å². The second kappa shape index (κ2) is 4.36. The van der Waals surface area contributed by atoms with Gasteiger partial charge in [-0.3, -0.25) is 0 Å². The summed E-state index contributed by atoms with van der Waals surface area (Å²) in [6.45, 7) is 6.02. The van der Waals surface area contributed by atoms with Crippen LogP contribution in [0.1, 0.15) is 24.8 Å². The van der Waals surface area contributed by atoms with Crippen molar-refractivity contribution in [1.29, 1.82) is 0 Å². The number of hydrogen-bond donors (Lipinski definition) is 1. The van der Waals surface area contributed by atoms with Crippen molar-refractivity contribution in [2.45, 2.75) is 19.3 Å². The molecule has 1 rings (SSSR count). The third kappa shape index (κ3) is 2.15. The minimum atomic E-state index is 0.398. The normalized spacial score (nSPS) is 12.5. The topological polar surface area (TPSA) is 0 Å². The molecule has 0 fully saturated rings. The summed E-state index contributed by atoms with van der Waals surface area (Å²) >= 11 is 4.29. The zero-order chi connectivity index (χ0) is 8.97. The molecule has 0 heterocycles. The summed E-state index contributed by atoms with van der Waals surface area (Å²) in [5.41, 5.74) is 1.31. The van der Waals surface area contributed by atoms with Crippen LogP contribution in [0.2, 0.25) is 0 Å². The molecule has 0 saturated heterocycles. The first-order valence-electron chi connectivity index (χ1n) is 4.18. The van der Waals surface area contributed by atoms with Gasteiger partial charge in [-0.05, 0) is 16.9 Å². The lowest BCUT2D eigenvalue weighted by Crippen LogP contribution is -1.95. The Morgan fingerprint density at radius 2 is 2.00 bits per heavy atom. The van der Waals surface area contributed by atoms with Crippen LogP contribution in [0.25, 0.3) is 0 Å². The van der Waals surface area contributed by atoms with Crippen LogP contribution in [0.3, 0.4) is 0 Å². The van der Waals surface area contributed by atoms with Gasteiger partial charge in [0, 0.05) is 5.92 Å². The predicted octanol–water partition coefficient (Wildman–Crippen LogP) is 3.62. The van der Waals surface area contributed by atoms with Gasteiger partial charge in [0.15, 0.2) is 0 Å². The largest absolute Gasteiger partial charge is 0.148 e. The molecule has 0 nitrogen and oxygen atoms in total. The average Bonchev–Trinajstić information content (AvgIpc) is 2.07. The molecule has 0 aliphatic rings.